The number of nitrogens with one attached hydrogen (secondary N) is 3. The van der Waals surface area contributed by atoms with Gasteiger partial charge < -0.3 is 41.2 Å². The number of alkyl halides is 6. The fourth-order valence-electron chi connectivity index (χ4n) is 1.95. The molecule has 0 fully saturated rings. The Morgan fingerprint density at radius 3 is 1.93 bits per heavy atom. The summed E-state index contributed by atoms with van der Waals surface area (Å²) in [5.74, 6) is -6.67. The lowest BCUT2D eigenvalue weighted by molar-refractivity contribution is -0.789. The maximum Gasteiger partial charge on any atom is 0.490 e. The van der Waals surface area contributed by atoms with Gasteiger partial charge in [-0.1, -0.05) is 0 Å². The molecule has 2 amide bonds. The number of carboxylic acid groups (broad SMARTS) is 2. The summed E-state index contributed by atoms with van der Waals surface area (Å²) in [5.41, 5.74) is 5.85. The Morgan fingerprint density at radius 1 is 1.05 bits per heavy atom. The summed E-state index contributed by atoms with van der Waals surface area (Å²) in [5, 5.41) is 37.4. The number of halogens is 6. The van der Waals surface area contributed by atoms with Crippen LogP contribution in [0.2, 0.25) is 0 Å². The molecule has 1 aromatic rings. The van der Waals surface area contributed by atoms with Gasteiger partial charge in [-0.2, -0.15) is 26.3 Å². The standard InChI is InChI=1S/C12H19N7O8.2C2HF3O2/c13-2-1-11(20)17-10(3-8-4-14-7-16-8)12(21)15-5-9(27-19(24)25)6-26-18(22)23;2*3-2(4,5)1(6)7/h4,7,9-10H,1-3,5-6,13H2,(H,14,16)(H,15,21)(H,17,20);2*(H,6,7)/t9-,10+;;/m1../s1. The lowest BCUT2D eigenvalue weighted by atomic mass is 10.1. The molecule has 1 heterocycles. The summed E-state index contributed by atoms with van der Waals surface area (Å²) in [6, 6.07) is -1.03. The average molecular weight is 617 g/mol. The van der Waals surface area contributed by atoms with Crippen molar-refractivity contribution in [3.63, 3.8) is 0 Å². The highest BCUT2D eigenvalue weighted by Crippen LogP contribution is 2.13. The van der Waals surface area contributed by atoms with Crippen LogP contribution in [-0.4, -0.2) is 98.3 Å². The molecule has 19 nitrogen and oxygen atoms in total. The molecule has 1 aromatic heterocycles. The first-order valence-electron chi connectivity index (χ1n) is 10.1. The molecule has 0 aliphatic heterocycles. The second-order valence-corrected chi connectivity index (χ2v) is 6.76. The van der Waals surface area contributed by atoms with Gasteiger partial charge in [0.2, 0.25) is 11.8 Å². The lowest BCUT2D eigenvalue weighted by Crippen LogP contribution is -2.50. The van der Waals surface area contributed by atoms with Crippen LogP contribution in [0.4, 0.5) is 26.3 Å². The number of imidazole rings is 1. The second kappa shape index (κ2) is 18.3. The van der Waals surface area contributed by atoms with E-state index in [-0.39, 0.29) is 19.4 Å². The second-order valence-electron chi connectivity index (χ2n) is 6.76. The highest BCUT2D eigenvalue weighted by molar-refractivity contribution is 5.87. The van der Waals surface area contributed by atoms with Crippen molar-refractivity contribution in [3.8, 4) is 0 Å². The molecule has 2 atom stereocenters. The summed E-state index contributed by atoms with van der Waals surface area (Å²) < 4.78 is 63.5. The molecule has 0 aliphatic carbocycles. The number of nitrogens with two attached hydrogens (primary N) is 1. The van der Waals surface area contributed by atoms with Crippen LogP contribution in [0.1, 0.15) is 12.1 Å². The summed E-state index contributed by atoms with van der Waals surface area (Å²) in [6.45, 7) is -1.14. The number of H-pyrrole nitrogens is 1. The molecule has 0 unspecified atom stereocenters. The smallest absolute Gasteiger partial charge is 0.475 e. The number of aliphatic carboxylic acids is 2. The normalized spacial score (nSPS) is 12.1. The maximum absolute atomic E-state index is 12.3. The van der Waals surface area contributed by atoms with Crippen LogP contribution in [0.15, 0.2) is 12.5 Å². The van der Waals surface area contributed by atoms with E-state index in [1.165, 1.54) is 12.5 Å². The van der Waals surface area contributed by atoms with Gasteiger partial charge in [0.15, 0.2) is 0 Å². The van der Waals surface area contributed by atoms with E-state index in [1.54, 1.807) is 0 Å². The molecular weight excluding hydrogens is 596 g/mol. The van der Waals surface area contributed by atoms with E-state index in [1.807, 2.05) is 0 Å². The number of aromatic nitrogens is 2. The highest BCUT2D eigenvalue weighted by atomic mass is 19.4. The Labute approximate surface area is 222 Å². The van der Waals surface area contributed by atoms with Crippen LogP contribution < -0.4 is 16.4 Å². The quantitative estimate of drug-likeness (QED) is 0.0875. The highest BCUT2D eigenvalue weighted by Gasteiger charge is 2.38. The van der Waals surface area contributed by atoms with Crippen LogP contribution in [0.3, 0.4) is 0 Å². The van der Waals surface area contributed by atoms with Gasteiger partial charge in [0.1, 0.15) is 18.8 Å². The van der Waals surface area contributed by atoms with Crippen molar-refractivity contribution in [1.29, 1.82) is 0 Å². The third-order valence-electron chi connectivity index (χ3n) is 3.59. The van der Waals surface area contributed by atoms with Crippen molar-refractivity contribution < 1.29 is 75.6 Å². The van der Waals surface area contributed by atoms with Crippen molar-refractivity contribution in [1.82, 2.24) is 20.6 Å². The minimum Gasteiger partial charge on any atom is -0.475 e. The number of amides is 2. The molecule has 25 heteroatoms. The Balaban J connectivity index is 0. The summed E-state index contributed by atoms with van der Waals surface area (Å²) in [7, 11) is 0. The van der Waals surface area contributed by atoms with Gasteiger partial charge in [-0.05, 0) is 0 Å². The molecule has 0 saturated carbocycles. The third-order valence-corrected chi connectivity index (χ3v) is 3.59. The zero-order chi connectivity index (χ0) is 32.4. The predicted molar refractivity (Wildman–Crippen MR) is 113 cm³/mol. The van der Waals surface area contributed by atoms with Crippen molar-refractivity contribution in [3.05, 3.63) is 38.4 Å². The van der Waals surface area contributed by atoms with Crippen LogP contribution in [-0.2, 0) is 35.3 Å². The molecular formula is C16H21F6N7O12. The van der Waals surface area contributed by atoms with E-state index in [4.69, 9.17) is 25.5 Å². The molecule has 0 saturated heterocycles. The number of rotatable bonds is 13. The number of aromatic amines is 1. The predicted octanol–water partition coefficient (Wildman–Crippen LogP) is -1.05. The van der Waals surface area contributed by atoms with Gasteiger partial charge in [0.25, 0.3) is 10.2 Å². The van der Waals surface area contributed by atoms with Gasteiger partial charge >= 0.3 is 24.3 Å². The Kier molecular flexibility index (Phi) is 17.1. The average Bonchev–Trinajstić information content (AvgIpc) is 3.32. The van der Waals surface area contributed by atoms with Crippen LogP contribution >= 0.6 is 0 Å². The molecule has 7 N–H and O–H groups in total. The number of carbonyl (C=O) groups is 4. The van der Waals surface area contributed by atoms with Crippen molar-refractivity contribution in [2.24, 2.45) is 5.73 Å². The molecule has 1 rings (SSSR count). The molecule has 0 spiro atoms. The zero-order valence-corrected chi connectivity index (χ0v) is 20.0. The van der Waals surface area contributed by atoms with Gasteiger partial charge in [0.05, 0.1) is 6.33 Å². The maximum atomic E-state index is 12.3. The van der Waals surface area contributed by atoms with Crippen molar-refractivity contribution in [2.75, 3.05) is 19.7 Å². The Hall–Kier alpha value is -4.97. The minimum absolute atomic E-state index is 0.00348. The monoisotopic (exact) mass is 617 g/mol. The lowest BCUT2D eigenvalue weighted by Gasteiger charge is -2.20. The van der Waals surface area contributed by atoms with Gasteiger partial charge in [0, 0.05) is 37.8 Å². The van der Waals surface area contributed by atoms with Gasteiger partial charge in [-0.3, -0.25) is 9.59 Å². The number of hydrogen-bond acceptors (Lipinski definition) is 12. The first-order valence-corrected chi connectivity index (χ1v) is 10.1. The minimum atomic E-state index is -5.08. The molecule has 234 valence electrons. The molecule has 0 aromatic carbocycles. The van der Waals surface area contributed by atoms with E-state index < -0.39 is 71.6 Å². The number of hydrogen-bond donors (Lipinski definition) is 6. The number of nitrogens with zero attached hydrogens (tertiary/aromatic N) is 3. The van der Waals surface area contributed by atoms with Crippen molar-refractivity contribution in [2.45, 2.75) is 37.3 Å². The van der Waals surface area contributed by atoms with Gasteiger partial charge in [-0.25, -0.2) is 14.6 Å². The SMILES string of the molecule is NCCC(=O)N[C@@H](Cc1cnc[nH]1)C(=O)NC[C@H](CO[N+](=O)[O-])O[N+](=O)[O-].O=C(O)C(F)(F)F.O=C(O)C(F)(F)F. The number of carboxylic acids is 2. The summed E-state index contributed by atoms with van der Waals surface area (Å²) in [6.07, 6.45) is -8.67. The Bertz CT molecular complexity index is 983. The topological polar surface area (TPSA) is 292 Å². The van der Waals surface area contributed by atoms with E-state index in [2.05, 4.69) is 30.3 Å². The fourth-order valence-corrected chi connectivity index (χ4v) is 1.95. The molecule has 0 aliphatic rings. The first kappa shape index (κ1) is 38.2. The largest absolute Gasteiger partial charge is 0.490 e. The third kappa shape index (κ3) is 20.6. The number of carbonyl (C=O) groups excluding carboxylic acids is 2. The van der Waals surface area contributed by atoms with E-state index in [0.29, 0.717) is 5.69 Å². The summed E-state index contributed by atoms with van der Waals surface area (Å²) >= 11 is 0. The fraction of sp³-hybridized carbons (Fsp3) is 0.562. The first-order chi connectivity index (χ1) is 18.7. The molecule has 0 bridgehead atoms. The van der Waals surface area contributed by atoms with Crippen LogP contribution in [0.25, 0.3) is 0 Å². The van der Waals surface area contributed by atoms with E-state index >= 15 is 0 Å². The van der Waals surface area contributed by atoms with Crippen LogP contribution in [0, 0.1) is 20.2 Å². The molecule has 0 radical (unpaired) electrons. The van der Waals surface area contributed by atoms with Crippen LogP contribution in [0.5, 0.6) is 0 Å². The summed E-state index contributed by atoms with van der Waals surface area (Å²) in [4.78, 5) is 77.3. The van der Waals surface area contributed by atoms with Gasteiger partial charge in [-0.15, -0.1) is 20.2 Å². The van der Waals surface area contributed by atoms with Crippen molar-refractivity contribution >= 4 is 23.8 Å². The Morgan fingerprint density at radius 2 is 1.56 bits per heavy atom. The molecule has 41 heavy (non-hydrogen) atoms. The zero-order valence-electron chi connectivity index (χ0n) is 20.0. The van der Waals surface area contributed by atoms with E-state index in [9.17, 15) is 56.2 Å². The van der Waals surface area contributed by atoms with E-state index in [0.717, 1.165) is 0 Å².